The lowest BCUT2D eigenvalue weighted by atomic mass is 9.77. The van der Waals surface area contributed by atoms with Crippen molar-refractivity contribution in [3.63, 3.8) is 0 Å². The SMILES string of the molecule is O=C1CCC(F)(F)C/C1=C\c1ccccc1-c1cn(C(c2ccccc2)(c2ccccc2)c2ccccc2)cn1. The fourth-order valence-corrected chi connectivity index (χ4v) is 5.73. The molecule has 0 amide bonds. The Kier molecular flexibility index (Phi) is 6.72. The number of benzene rings is 4. The number of alkyl halides is 2. The van der Waals surface area contributed by atoms with Crippen LogP contribution in [0.1, 0.15) is 41.5 Å². The molecule has 1 saturated carbocycles. The molecule has 40 heavy (non-hydrogen) atoms. The van der Waals surface area contributed by atoms with Crippen LogP contribution in [0.2, 0.25) is 0 Å². The van der Waals surface area contributed by atoms with Crippen molar-refractivity contribution in [1.29, 1.82) is 0 Å². The van der Waals surface area contributed by atoms with E-state index >= 15 is 0 Å². The van der Waals surface area contributed by atoms with Gasteiger partial charge in [0.15, 0.2) is 5.78 Å². The molecule has 1 aliphatic rings. The van der Waals surface area contributed by atoms with E-state index in [1.807, 2.05) is 91.4 Å². The first-order chi connectivity index (χ1) is 19.5. The van der Waals surface area contributed by atoms with Crippen LogP contribution in [0.15, 0.2) is 133 Å². The van der Waals surface area contributed by atoms with Gasteiger partial charge in [-0.2, -0.15) is 0 Å². The lowest BCUT2D eigenvalue weighted by Crippen LogP contribution is -2.36. The Morgan fingerprint density at radius 3 is 1.85 bits per heavy atom. The van der Waals surface area contributed by atoms with Gasteiger partial charge in [0, 0.05) is 36.6 Å². The Labute approximate surface area is 232 Å². The zero-order valence-corrected chi connectivity index (χ0v) is 21.9. The van der Waals surface area contributed by atoms with E-state index in [1.54, 1.807) is 6.08 Å². The van der Waals surface area contributed by atoms with Crippen molar-refractivity contribution in [2.24, 2.45) is 0 Å². The van der Waals surface area contributed by atoms with Crippen LogP contribution in [0.5, 0.6) is 0 Å². The Morgan fingerprint density at radius 1 is 0.750 bits per heavy atom. The predicted molar refractivity (Wildman–Crippen MR) is 154 cm³/mol. The number of imidazole rings is 1. The molecule has 4 aromatic carbocycles. The van der Waals surface area contributed by atoms with Crippen molar-refractivity contribution in [3.05, 3.63) is 156 Å². The van der Waals surface area contributed by atoms with Gasteiger partial charge in [-0.05, 0) is 28.3 Å². The van der Waals surface area contributed by atoms with Crippen LogP contribution < -0.4 is 0 Å². The van der Waals surface area contributed by atoms with Crippen molar-refractivity contribution >= 4 is 11.9 Å². The fraction of sp³-hybridized carbons (Fsp3) is 0.143. The lowest BCUT2D eigenvalue weighted by molar-refractivity contribution is -0.121. The standard InChI is InChI=1S/C35H28F2N2O/c36-34(37)21-20-33(40)27(23-34)22-26-12-10-11-19-31(26)32-24-39(25-38-32)35(28-13-4-1-5-14-28,29-15-6-2-7-16-29)30-17-8-3-9-18-30/h1-19,22,24-25H,20-21,23H2/b27-22+. The molecule has 0 bridgehead atoms. The molecule has 1 fully saturated rings. The average molecular weight is 531 g/mol. The molecular weight excluding hydrogens is 502 g/mol. The van der Waals surface area contributed by atoms with Gasteiger partial charge in [-0.25, -0.2) is 13.8 Å². The molecule has 0 atom stereocenters. The van der Waals surface area contributed by atoms with Crippen molar-refractivity contribution in [3.8, 4) is 11.3 Å². The number of nitrogens with zero attached hydrogens (tertiary/aromatic N) is 2. The van der Waals surface area contributed by atoms with Gasteiger partial charge in [0.1, 0.15) is 5.54 Å². The monoisotopic (exact) mass is 530 g/mol. The second-order valence-corrected chi connectivity index (χ2v) is 10.2. The van der Waals surface area contributed by atoms with Gasteiger partial charge in [-0.15, -0.1) is 0 Å². The maximum Gasteiger partial charge on any atom is 0.252 e. The van der Waals surface area contributed by atoms with E-state index in [-0.39, 0.29) is 17.8 Å². The number of allylic oxidation sites excluding steroid dienone is 1. The summed E-state index contributed by atoms with van der Waals surface area (Å²) < 4.78 is 30.4. The van der Waals surface area contributed by atoms with E-state index < -0.39 is 24.3 Å². The van der Waals surface area contributed by atoms with Crippen LogP contribution in [-0.4, -0.2) is 21.3 Å². The van der Waals surface area contributed by atoms with Gasteiger partial charge in [0.25, 0.3) is 5.92 Å². The molecule has 5 heteroatoms. The number of aromatic nitrogens is 2. The summed E-state index contributed by atoms with van der Waals surface area (Å²) in [7, 11) is 0. The largest absolute Gasteiger partial charge is 0.318 e. The predicted octanol–water partition coefficient (Wildman–Crippen LogP) is 8.16. The lowest BCUT2D eigenvalue weighted by Gasteiger charge is -2.37. The smallest absolute Gasteiger partial charge is 0.252 e. The summed E-state index contributed by atoms with van der Waals surface area (Å²) in [5.41, 5.74) is 4.82. The second-order valence-electron chi connectivity index (χ2n) is 10.2. The first kappa shape index (κ1) is 25.6. The normalized spacial score (nSPS) is 16.2. The van der Waals surface area contributed by atoms with Crippen LogP contribution in [-0.2, 0) is 10.3 Å². The third kappa shape index (κ3) is 4.68. The third-order valence-corrected chi connectivity index (χ3v) is 7.64. The molecule has 0 saturated heterocycles. The Hall–Kier alpha value is -4.64. The van der Waals surface area contributed by atoms with E-state index in [1.165, 1.54) is 0 Å². The molecule has 198 valence electrons. The molecular formula is C35H28F2N2O. The molecule has 0 aliphatic heterocycles. The van der Waals surface area contributed by atoms with E-state index in [2.05, 4.69) is 41.0 Å². The molecule has 1 aromatic heterocycles. The average Bonchev–Trinajstić information content (AvgIpc) is 3.48. The van der Waals surface area contributed by atoms with Gasteiger partial charge in [0.2, 0.25) is 0 Å². The number of halogens is 2. The van der Waals surface area contributed by atoms with Gasteiger partial charge < -0.3 is 4.57 Å². The highest BCUT2D eigenvalue weighted by Crippen LogP contribution is 2.42. The van der Waals surface area contributed by atoms with E-state index in [0.29, 0.717) is 11.3 Å². The van der Waals surface area contributed by atoms with Gasteiger partial charge in [-0.1, -0.05) is 115 Å². The first-order valence-electron chi connectivity index (χ1n) is 13.4. The molecule has 1 heterocycles. The summed E-state index contributed by atoms with van der Waals surface area (Å²) in [5, 5.41) is 0. The van der Waals surface area contributed by atoms with Crippen molar-refractivity contribution in [2.75, 3.05) is 0 Å². The minimum atomic E-state index is -2.86. The zero-order chi connectivity index (χ0) is 27.6. The molecule has 1 aliphatic carbocycles. The van der Waals surface area contributed by atoms with Gasteiger partial charge >= 0.3 is 0 Å². The summed E-state index contributed by atoms with van der Waals surface area (Å²) in [6.45, 7) is 0. The third-order valence-electron chi connectivity index (χ3n) is 7.64. The van der Waals surface area contributed by atoms with Crippen molar-refractivity contribution in [1.82, 2.24) is 9.55 Å². The van der Waals surface area contributed by atoms with Crippen LogP contribution in [0, 0.1) is 0 Å². The van der Waals surface area contributed by atoms with Gasteiger partial charge in [-0.3, -0.25) is 4.79 Å². The highest BCUT2D eigenvalue weighted by molar-refractivity contribution is 6.01. The van der Waals surface area contributed by atoms with Crippen LogP contribution in [0.3, 0.4) is 0 Å². The van der Waals surface area contributed by atoms with Crippen molar-refractivity contribution in [2.45, 2.75) is 30.7 Å². The molecule has 6 rings (SSSR count). The summed E-state index contributed by atoms with van der Waals surface area (Å²) in [4.78, 5) is 17.3. The number of Topliss-reactive ketones (excluding diaryl/α,β-unsaturated/α-hetero) is 1. The zero-order valence-electron chi connectivity index (χ0n) is 21.9. The van der Waals surface area contributed by atoms with Crippen LogP contribution in [0.4, 0.5) is 8.78 Å². The maximum absolute atomic E-state index is 14.2. The second kappa shape index (κ2) is 10.5. The molecule has 5 aromatic rings. The minimum absolute atomic E-state index is 0.136. The highest BCUT2D eigenvalue weighted by atomic mass is 19.3. The Balaban J connectivity index is 1.53. The number of carbonyl (C=O) groups excluding carboxylic acids is 1. The van der Waals surface area contributed by atoms with E-state index in [0.717, 1.165) is 22.3 Å². The first-order valence-corrected chi connectivity index (χ1v) is 13.4. The summed E-state index contributed by atoms with van der Waals surface area (Å²) >= 11 is 0. The molecule has 3 nitrogen and oxygen atoms in total. The van der Waals surface area contributed by atoms with Crippen LogP contribution >= 0.6 is 0 Å². The fourth-order valence-electron chi connectivity index (χ4n) is 5.73. The Bertz CT molecular complexity index is 1560. The quantitative estimate of drug-likeness (QED) is 0.164. The number of hydrogen-bond donors (Lipinski definition) is 0. The topological polar surface area (TPSA) is 34.9 Å². The number of carbonyl (C=O) groups is 1. The summed E-state index contributed by atoms with van der Waals surface area (Å²) in [5.74, 6) is -3.08. The highest BCUT2D eigenvalue weighted by Gasteiger charge is 2.39. The Morgan fingerprint density at radius 2 is 1.27 bits per heavy atom. The van der Waals surface area contributed by atoms with Crippen molar-refractivity contribution < 1.29 is 13.6 Å². The summed E-state index contributed by atoms with van der Waals surface area (Å²) in [6, 6.07) is 38.4. The molecule has 0 radical (unpaired) electrons. The molecule has 0 unspecified atom stereocenters. The summed E-state index contributed by atoms with van der Waals surface area (Å²) in [6.07, 6.45) is 4.38. The maximum atomic E-state index is 14.2. The minimum Gasteiger partial charge on any atom is -0.318 e. The number of rotatable bonds is 6. The number of hydrogen-bond acceptors (Lipinski definition) is 2. The molecule has 0 spiro atoms. The number of ketones is 1. The van der Waals surface area contributed by atoms with E-state index in [4.69, 9.17) is 4.98 Å². The van der Waals surface area contributed by atoms with Crippen LogP contribution in [0.25, 0.3) is 17.3 Å². The van der Waals surface area contributed by atoms with E-state index in [9.17, 15) is 13.6 Å². The van der Waals surface area contributed by atoms with Gasteiger partial charge in [0.05, 0.1) is 12.0 Å². The molecule has 0 N–H and O–H groups in total.